The van der Waals surface area contributed by atoms with E-state index in [1.807, 2.05) is 0 Å². The molecule has 1 atom stereocenters. The second-order valence-electron chi connectivity index (χ2n) is 5.35. The van der Waals surface area contributed by atoms with Crippen LogP contribution in [0.4, 0.5) is 0 Å². The summed E-state index contributed by atoms with van der Waals surface area (Å²) in [6.45, 7) is 0. The van der Waals surface area contributed by atoms with Crippen molar-refractivity contribution in [2.24, 2.45) is 5.84 Å². The average Bonchev–Trinajstić information content (AvgIpc) is 2.87. The first-order chi connectivity index (χ1) is 9.36. The van der Waals surface area contributed by atoms with Crippen LogP contribution in [0.3, 0.4) is 0 Å². The Hall–Kier alpha value is -1.16. The van der Waals surface area contributed by atoms with Crippen LogP contribution < -0.4 is 11.3 Å². The highest BCUT2D eigenvalue weighted by atomic mass is 32.1. The normalized spacial score (nSPS) is 17.1. The monoisotopic (exact) mass is 272 g/mol. The minimum Gasteiger partial charge on any atom is -0.271 e. The van der Waals surface area contributed by atoms with E-state index in [-0.39, 0.29) is 6.04 Å². The van der Waals surface area contributed by atoms with E-state index in [1.54, 1.807) is 11.3 Å². The molecule has 1 heterocycles. The zero-order valence-corrected chi connectivity index (χ0v) is 11.8. The molecule has 2 nitrogen and oxygen atoms in total. The van der Waals surface area contributed by atoms with Crippen LogP contribution in [0.25, 0.3) is 0 Å². The number of hydrogen-bond donors (Lipinski definition) is 2. The van der Waals surface area contributed by atoms with Gasteiger partial charge in [0.05, 0.1) is 6.04 Å². The zero-order chi connectivity index (χ0) is 13.1. The van der Waals surface area contributed by atoms with Crippen LogP contribution in [0.2, 0.25) is 0 Å². The Labute approximate surface area is 118 Å². The van der Waals surface area contributed by atoms with E-state index in [9.17, 15) is 0 Å². The fraction of sp³-hybridized carbons (Fsp3) is 0.375. The number of hydrazine groups is 1. The fourth-order valence-corrected chi connectivity index (χ4v) is 3.37. The van der Waals surface area contributed by atoms with Gasteiger partial charge in [-0.15, -0.1) is 0 Å². The van der Waals surface area contributed by atoms with Crippen LogP contribution in [0.15, 0.2) is 41.1 Å². The van der Waals surface area contributed by atoms with Gasteiger partial charge in [-0.1, -0.05) is 30.7 Å². The highest BCUT2D eigenvalue weighted by Gasteiger charge is 2.20. The summed E-state index contributed by atoms with van der Waals surface area (Å²) in [6.07, 6.45) is 5.01. The molecular weight excluding hydrogens is 252 g/mol. The molecule has 1 fully saturated rings. The van der Waals surface area contributed by atoms with Gasteiger partial charge in [0.25, 0.3) is 0 Å². The van der Waals surface area contributed by atoms with Crippen LogP contribution in [-0.4, -0.2) is 0 Å². The maximum absolute atomic E-state index is 5.75. The second-order valence-corrected chi connectivity index (χ2v) is 6.13. The summed E-state index contributed by atoms with van der Waals surface area (Å²) in [5, 5.41) is 4.31. The smallest absolute Gasteiger partial charge is 0.0500 e. The molecule has 0 spiro atoms. The maximum atomic E-state index is 5.75. The van der Waals surface area contributed by atoms with Crippen LogP contribution >= 0.6 is 11.3 Å². The molecule has 1 unspecified atom stereocenters. The summed E-state index contributed by atoms with van der Waals surface area (Å²) < 4.78 is 0. The molecule has 2 aromatic rings. The van der Waals surface area contributed by atoms with Crippen molar-refractivity contribution in [2.75, 3.05) is 0 Å². The van der Waals surface area contributed by atoms with Crippen LogP contribution in [0.1, 0.15) is 47.9 Å². The molecule has 100 valence electrons. The number of benzene rings is 1. The van der Waals surface area contributed by atoms with Gasteiger partial charge < -0.3 is 0 Å². The molecule has 1 aliphatic rings. The Morgan fingerprint density at radius 3 is 2.84 bits per heavy atom. The SMILES string of the molecule is NNC(Cc1ccsc1)c1cccc(C2CCC2)c1. The third-order valence-corrected chi connectivity index (χ3v) is 4.84. The first-order valence-electron chi connectivity index (χ1n) is 6.94. The number of hydrogen-bond acceptors (Lipinski definition) is 3. The highest BCUT2D eigenvalue weighted by molar-refractivity contribution is 7.07. The molecule has 0 bridgehead atoms. The van der Waals surface area contributed by atoms with E-state index < -0.39 is 0 Å². The zero-order valence-electron chi connectivity index (χ0n) is 11.0. The molecule has 19 heavy (non-hydrogen) atoms. The Kier molecular flexibility index (Phi) is 3.97. The Morgan fingerprint density at radius 2 is 2.21 bits per heavy atom. The predicted octanol–water partition coefficient (Wildman–Crippen LogP) is 3.76. The quantitative estimate of drug-likeness (QED) is 0.642. The van der Waals surface area contributed by atoms with E-state index >= 15 is 0 Å². The first-order valence-corrected chi connectivity index (χ1v) is 7.88. The number of rotatable bonds is 5. The summed E-state index contributed by atoms with van der Waals surface area (Å²) in [7, 11) is 0. The Bertz CT molecular complexity index is 517. The van der Waals surface area contributed by atoms with Gasteiger partial charge in [0.2, 0.25) is 0 Å². The van der Waals surface area contributed by atoms with Gasteiger partial charge in [-0.3, -0.25) is 11.3 Å². The molecule has 0 aliphatic heterocycles. The Balaban J connectivity index is 1.78. The van der Waals surface area contributed by atoms with Gasteiger partial charge in [0, 0.05) is 0 Å². The third kappa shape index (κ3) is 2.89. The minimum atomic E-state index is 0.203. The van der Waals surface area contributed by atoms with Crippen LogP contribution in [0.5, 0.6) is 0 Å². The highest BCUT2D eigenvalue weighted by Crippen LogP contribution is 2.37. The molecule has 3 rings (SSSR count). The summed E-state index contributed by atoms with van der Waals surface area (Å²) in [4.78, 5) is 0. The van der Waals surface area contributed by atoms with E-state index in [0.717, 1.165) is 12.3 Å². The summed E-state index contributed by atoms with van der Waals surface area (Å²) >= 11 is 1.74. The predicted molar refractivity (Wildman–Crippen MR) is 81.1 cm³/mol. The first kappa shape index (κ1) is 12.9. The average molecular weight is 272 g/mol. The topological polar surface area (TPSA) is 38.0 Å². The Morgan fingerprint density at radius 1 is 1.32 bits per heavy atom. The molecule has 0 amide bonds. The van der Waals surface area contributed by atoms with Crippen molar-refractivity contribution in [3.05, 3.63) is 57.8 Å². The van der Waals surface area contributed by atoms with Crippen molar-refractivity contribution in [1.29, 1.82) is 0 Å². The molecule has 0 saturated heterocycles. The molecule has 3 N–H and O–H groups in total. The van der Waals surface area contributed by atoms with Crippen molar-refractivity contribution >= 4 is 11.3 Å². The lowest BCUT2D eigenvalue weighted by atomic mass is 9.79. The van der Waals surface area contributed by atoms with E-state index in [1.165, 1.54) is 36.0 Å². The van der Waals surface area contributed by atoms with Crippen molar-refractivity contribution in [3.63, 3.8) is 0 Å². The fourth-order valence-electron chi connectivity index (χ4n) is 2.69. The van der Waals surface area contributed by atoms with Crippen molar-refractivity contribution in [2.45, 2.75) is 37.6 Å². The maximum Gasteiger partial charge on any atom is 0.0500 e. The summed E-state index contributed by atoms with van der Waals surface area (Å²) in [6, 6.07) is 11.3. The van der Waals surface area contributed by atoms with Gasteiger partial charge in [0.15, 0.2) is 0 Å². The minimum absolute atomic E-state index is 0.203. The molecule has 0 radical (unpaired) electrons. The lowest BCUT2D eigenvalue weighted by Crippen LogP contribution is -2.29. The molecule has 3 heteroatoms. The number of nitrogens with one attached hydrogen (secondary N) is 1. The number of nitrogens with two attached hydrogens (primary N) is 1. The largest absolute Gasteiger partial charge is 0.271 e. The standard InChI is InChI=1S/C16H20N2S/c17-18-16(9-12-7-8-19-11-12)15-6-2-5-14(10-15)13-3-1-4-13/h2,5-8,10-11,13,16,18H,1,3-4,9,17H2. The van der Waals surface area contributed by atoms with Crippen molar-refractivity contribution in [3.8, 4) is 0 Å². The second kappa shape index (κ2) is 5.87. The van der Waals surface area contributed by atoms with Gasteiger partial charge in [-0.2, -0.15) is 11.3 Å². The van der Waals surface area contributed by atoms with E-state index in [2.05, 4.69) is 46.5 Å². The van der Waals surface area contributed by atoms with Crippen molar-refractivity contribution in [1.82, 2.24) is 5.43 Å². The molecule has 1 aliphatic carbocycles. The molecule has 1 saturated carbocycles. The lowest BCUT2D eigenvalue weighted by Gasteiger charge is -2.27. The number of thiophene rings is 1. The van der Waals surface area contributed by atoms with Gasteiger partial charge in [0.1, 0.15) is 0 Å². The molecule has 1 aromatic heterocycles. The van der Waals surface area contributed by atoms with Gasteiger partial charge in [-0.05, 0) is 58.7 Å². The van der Waals surface area contributed by atoms with Crippen LogP contribution in [0, 0.1) is 0 Å². The molecular formula is C16H20N2S. The van der Waals surface area contributed by atoms with Crippen LogP contribution in [-0.2, 0) is 6.42 Å². The van der Waals surface area contributed by atoms with Crippen molar-refractivity contribution < 1.29 is 0 Å². The summed E-state index contributed by atoms with van der Waals surface area (Å²) in [5.74, 6) is 6.52. The van der Waals surface area contributed by atoms with Gasteiger partial charge >= 0.3 is 0 Å². The third-order valence-electron chi connectivity index (χ3n) is 4.11. The summed E-state index contributed by atoms with van der Waals surface area (Å²) in [5.41, 5.74) is 7.10. The van der Waals surface area contributed by atoms with E-state index in [0.29, 0.717) is 0 Å². The van der Waals surface area contributed by atoms with E-state index in [4.69, 9.17) is 5.84 Å². The lowest BCUT2D eigenvalue weighted by molar-refractivity contribution is 0.419. The molecule has 1 aromatic carbocycles. The van der Waals surface area contributed by atoms with Gasteiger partial charge in [-0.25, -0.2) is 0 Å².